The van der Waals surface area contributed by atoms with Gasteiger partial charge in [-0.2, -0.15) is 5.48 Å². The van der Waals surface area contributed by atoms with Crippen molar-refractivity contribution < 1.29 is 9.57 Å². The Kier molecular flexibility index (Phi) is 5.32. The van der Waals surface area contributed by atoms with E-state index in [9.17, 15) is 0 Å². The molecule has 0 aliphatic carbocycles. The van der Waals surface area contributed by atoms with Crippen LogP contribution in [0.5, 0.6) is 0 Å². The van der Waals surface area contributed by atoms with E-state index in [0.717, 1.165) is 6.54 Å². The van der Waals surface area contributed by atoms with Gasteiger partial charge in [0.25, 0.3) is 0 Å². The molecule has 0 saturated heterocycles. The van der Waals surface area contributed by atoms with E-state index in [-0.39, 0.29) is 0 Å². The minimum absolute atomic E-state index is 0.571. The molecule has 0 heterocycles. The molecule has 15 heavy (non-hydrogen) atoms. The standard InChI is InChI=1S/C12H19NO2/c1-10-4-5-12(11(2)8-10)9-13-15-7-6-14-3/h4-5,8,13H,6-7,9H2,1-3H3. The lowest BCUT2D eigenvalue weighted by atomic mass is 10.1. The van der Waals surface area contributed by atoms with Crippen LogP contribution in [0.25, 0.3) is 0 Å². The Morgan fingerprint density at radius 1 is 1.20 bits per heavy atom. The third kappa shape index (κ3) is 4.42. The number of methoxy groups -OCH3 is 1. The zero-order valence-electron chi connectivity index (χ0n) is 9.67. The Balaban J connectivity index is 2.31. The number of hydrogen-bond donors (Lipinski definition) is 1. The number of ether oxygens (including phenoxy) is 1. The fourth-order valence-corrected chi connectivity index (χ4v) is 1.37. The smallest absolute Gasteiger partial charge is 0.0916 e. The minimum Gasteiger partial charge on any atom is -0.382 e. The second-order valence-corrected chi connectivity index (χ2v) is 3.59. The Morgan fingerprint density at radius 2 is 2.00 bits per heavy atom. The summed E-state index contributed by atoms with van der Waals surface area (Å²) >= 11 is 0. The van der Waals surface area contributed by atoms with E-state index >= 15 is 0 Å². The number of nitrogens with one attached hydrogen (secondary N) is 1. The number of aryl methyl sites for hydroxylation is 2. The molecule has 0 atom stereocenters. The quantitative estimate of drug-likeness (QED) is 0.574. The first kappa shape index (κ1) is 12.2. The molecule has 0 aliphatic heterocycles. The van der Waals surface area contributed by atoms with Gasteiger partial charge in [-0.3, -0.25) is 4.84 Å². The first-order valence-electron chi connectivity index (χ1n) is 5.13. The lowest BCUT2D eigenvalue weighted by molar-refractivity contribution is 0.00339. The molecule has 3 nitrogen and oxygen atoms in total. The molecular weight excluding hydrogens is 190 g/mol. The van der Waals surface area contributed by atoms with Crippen LogP contribution in [0.2, 0.25) is 0 Å². The monoisotopic (exact) mass is 209 g/mol. The van der Waals surface area contributed by atoms with Crippen LogP contribution in [0.4, 0.5) is 0 Å². The minimum atomic E-state index is 0.571. The first-order chi connectivity index (χ1) is 7.24. The highest BCUT2D eigenvalue weighted by Crippen LogP contribution is 2.09. The average molecular weight is 209 g/mol. The summed E-state index contributed by atoms with van der Waals surface area (Å²) in [5.74, 6) is 0. The maximum Gasteiger partial charge on any atom is 0.0916 e. The molecule has 1 rings (SSSR count). The van der Waals surface area contributed by atoms with E-state index < -0.39 is 0 Å². The summed E-state index contributed by atoms with van der Waals surface area (Å²) in [6, 6.07) is 6.41. The van der Waals surface area contributed by atoms with Crippen LogP contribution >= 0.6 is 0 Å². The molecule has 0 radical (unpaired) electrons. The summed E-state index contributed by atoms with van der Waals surface area (Å²) in [5.41, 5.74) is 6.76. The van der Waals surface area contributed by atoms with Crippen molar-refractivity contribution in [2.45, 2.75) is 20.4 Å². The maximum atomic E-state index is 5.19. The topological polar surface area (TPSA) is 30.5 Å². The summed E-state index contributed by atoms with van der Waals surface area (Å²) in [5, 5.41) is 0. The summed E-state index contributed by atoms with van der Waals surface area (Å²) < 4.78 is 4.87. The van der Waals surface area contributed by atoms with Crippen molar-refractivity contribution in [3.63, 3.8) is 0 Å². The van der Waals surface area contributed by atoms with Gasteiger partial charge in [0.15, 0.2) is 0 Å². The second kappa shape index (κ2) is 6.56. The SMILES string of the molecule is COCCONCc1ccc(C)cc1C. The zero-order chi connectivity index (χ0) is 11.1. The second-order valence-electron chi connectivity index (χ2n) is 3.59. The number of hydrogen-bond acceptors (Lipinski definition) is 3. The highest BCUT2D eigenvalue weighted by atomic mass is 16.7. The van der Waals surface area contributed by atoms with E-state index in [1.165, 1.54) is 16.7 Å². The van der Waals surface area contributed by atoms with Crippen LogP contribution in [0, 0.1) is 13.8 Å². The molecule has 0 saturated carbocycles. The summed E-state index contributed by atoms with van der Waals surface area (Å²) in [4.78, 5) is 5.19. The van der Waals surface area contributed by atoms with Gasteiger partial charge in [-0.15, -0.1) is 0 Å². The molecule has 0 unspecified atom stereocenters. The average Bonchev–Trinajstić information content (AvgIpc) is 2.20. The Morgan fingerprint density at radius 3 is 2.67 bits per heavy atom. The molecule has 3 heteroatoms. The molecular formula is C12H19NO2. The van der Waals surface area contributed by atoms with Crippen LogP contribution < -0.4 is 5.48 Å². The normalized spacial score (nSPS) is 10.6. The van der Waals surface area contributed by atoms with Gasteiger partial charge in [-0.05, 0) is 25.0 Å². The molecule has 1 N–H and O–H groups in total. The Hall–Kier alpha value is -0.900. The highest BCUT2D eigenvalue weighted by Gasteiger charge is 1.97. The van der Waals surface area contributed by atoms with Crippen molar-refractivity contribution in [2.75, 3.05) is 20.3 Å². The van der Waals surface area contributed by atoms with E-state index in [1.54, 1.807) is 7.11 Å². The summed E-state index contributed by atoms with van der Waals surface area (Å²) in [6.07, 6.45) is 0. The molecule has 0 amide bonds. The van der Waals surface area contributed by atoms with Crippen molar-refractivity contribution in [3.8, 4) is 0 Å². The van der Waals surface area contributed by atoms with Gasteiger partial charge in [-0.1, -0.05) is 23.8 Å². The number of hydroxylamine groups is 1. The fourth-order valence-electron chi connectivity index (χ4n) is 1.37. The predicted octanol–water partition coefficient (Wildman–Crippen LogP) is 1.97. The van der Waals surface area contributed by atoms with E-state index in [2.05, 4.69) is 37.5 Å². The lowest BCUT2D eigenvalue weighted by Crippen LogP contribution is -2.17. The van der Waals surface area contributed by atoms with Crippen LogP contribution in [-0.4, -0.2) is 20.3 Å². The zero-order valence-corrected chi connectivity index (χ0v) is 9.67. The molecule has 0 bridgehead atoms. The third-order valence-electron chi connectivity index (χ3n) is 2.25. The predicted molar refractivity (Wildman–Crippen MR) is 60.6 cm³/mol. The molecule has 0 aromatic heterocycles. The molecule has 1 aromatic rings. The van der Waals surface area contributed by atoms with Gasteiger partial charge in [-0.25, -0.2) is 0 Å². The molecule has 1 aromatic carbocycles. The van der Waals surface area contributed by atoms with Gasteiger partial charge in [0.1, 0.15) is 0 Å². The van der Waals surface area contributed by atoms with E-state index in [4.69, 9.17) is 9.57 Å². The van der Waals surface area contributed by atoms with E-state index in [1.807, 2.05) is 0 Å². The number of rotatable bonds is 6. The maximum absolute atomic E-state index is 5.19. The Labute approximate surface area is 91.4 Å². The third-order valence-corrected chi connectivity index (χ3v) is 2.25. The molecule has 0 aliphatic rings. The van der Waals surface area contributed by atoms with Gasteiger partial charge in [0, 0.05) is 13.7 Å². The molecule has 0 fully saturated rings. The van der Waals surface area contributed by atoms with Crippen molar-refractivity contribution in [3.05, 3.63) is 34.9 Å². The molecule has 84 valence electrons. The van der Waals surface area contributed by atoms with Crippen molar-refractivity contribution in [1.82, 2.24) is 5.48 Å². The first-order valence-corrected chi connectivity index (χ1v) is 5.13. The van der Waals surface area contributed by atoms with Gasteiger partial charge >= 0.3 is 0 Å². The van der Waals surface area contributed by atoms with Crippen LogP contribution in [0.3, 0.4) is 0 Å². The summed E-state index contributed by atoms with van der Waals surface area (Å²) in [6.45, 7) is 6.12. The fraction of sp³-hybridized carbons (Fsp3) is 0.500. The van der Waals surface area contributed by atoms with Crippen molar-refractivity contribution in [2.24, 2.45) is 0 Å². The van der Waals surface area contributed by atoms with Gasteiger partial charge in [0.2, 0.25) is 0 Å². The van der Waals surface area contributed by atoms with E-state index in [0.29, 0.717) is 13.2 Å². The Bertz CT molecular complexity index is 300. The van der Waals surface area contributed by atoms with Crippen LogP contribution in [0.15, 0.2) is 18.2 Å². The highest BCUT2D eigenvalue weighted by molar-refractivity contribution is 5.30. The lowest BCUT2D eigenvalue weighted by Gasteiger charge is -2.08. The largest absolute Gasteiger partial charge is 0.382 e. The van der Waals surface area contributed by atoms with Crippen molar-refractivity contribution in [1.29, 1.82) is 0 Å². The van der Waals surface area contributed by atoms with Crippen molar-refractivity contribution >= 4 is 0 Å². The van der Waals surface area contributed by atoms with Gasteiger partial charge < -0.3 is 4.74 Å². The van der Waals surface area contributed by atoms with Crippen LogP contribution in [0.1, 0.15) is 16.7 Å². The molecule has 0 spiro atoms. The number of benzene rings is 1. The summed E-state index contributed by atoms with van der Waals surface area (Å²) in [7, 11) is 1.66. The van der Waals surface area contributed by atoms with Crippen LogP contribution in [-0.2, 0) is 16.1 Å². The van der Waals surface area contributed by atoms with Gasteiger partial charge in [0.05, 0.1) is 13.2 Å².